The molecule has 0 N–H and O–H groups in total. The number of Topliss-reactive ketones (excluding diaryl/α,β-unsaturated/α-hetero) is 1. The van der Waals surface area contributed by atoms with Gasteiger partial charge < -0.3 is 0 Å². The third kappa shape index (κ3) is 2.70. The normalized spacial score (nSPS) is 10.6. The zero-order valence-electron chi connectivity index (χ0n) is 10.5. The SMILES string of the molecule is Cc1ccccc1CCC(=O)c1c(Br)cnn1C. The lowest BCUT2D eigenvalue weighted by Gasteiger charge is -2.05. The van der Waals surface area contributed by atoms with Crippen LogP contribution in [0, 0.1) is 6.92 Å². The summed E-state index contributed by atoms with van der Waals surface area (Å²) in [6, 6.07) is 8.16. The Morgan fingerprint density at radius 2 is 2.11 bits per heavy atom. The molecule has 18 heavy (non-hydrogen) atoms. The quantitative estimate of drug-likeness (QED) is 0.812. The van der Waals surface area contributed by atoms with Crippen molar-refractivity contribution in [1.29, 1.82) is 0 Å². The van der Waals surface area contributed by atoms with E-state index in [-0.39, 0.29) is 5.78 Å². The molecule has 0 radical (unpaired) electrons. The molecular formula is C14H15BrN2O. The third-order valence-electron chi connectivity index (χ3n) is 3.04. The van der Waals surface area contributed by atoms with Crippen LogP contribution in [0.1, 0.15) is 28.0 Å². The minimum absolute atomic E-state index is 0.116. The Labute approximate surface area is 115 Å². The number of aryl methyl sites for hydroxylation is 3. The van der Waals surface area contributed by atoms with Crippen LogP contribution in [0.15, 0.2) is 34.9 Å². The van der Waals surface area contributed by atoms with Crippen LogP contribution in [0.3, 0.4) is 0 Å². The third-order valence-corrected chi connectivity index (χ3v) is 3.62. The van der Waals surface area contributed by atoms with Crippen molar-refractivity contribution in [3.05, 3.63) is 51.8 Å². The number of hydrogen-bond acceptors (Lipinski definition) is 2. The zero-order valence-corrected chi connectivity index (χ0v) is 12.1. The summed E-state index contributed by atoms with van der Waals surface area (Å²) >= 11 is 3.35. The monoisotopic (exact) mass is 306 g/mol. The summed E-state index contributed by atoms with van der Waals surface area (Å²) in [7, 11) is 1.78. The second kappa shape index (κ2) is 5.48. The zero-order chi connectivity index (χ0) is 13.1. The van der Waals surface area contributed by atoms with Crippen LogP contribution in [-0.4, -0.2) is 15.6 Å². The summed E-state index contributed by atoms with van der Waals surface area (Å²) in [5.74, 6) is 0.116. The summed E-state index contributed by atoms with van der Waals surface area (Å²) in [5.41, 5.74) is 3.10. The van der Waals surface area contributed by atoms with Crippen LogP contribution in [0.2, 0.25) is 0 Å². The van der Waals surface area contributed by atoms with E-state index in [1.807, 2.05) is 12.1 Å². The predicted molar refractivity (Wildman–Crippen MR) is 74.7 cm³/mol. The van der Waals surface area contributed by atoms with Crippen molar-refractivity contribution in [2.75, 3.05) is 0 Å². The van der Waals surface area contributed by atoms with Gasteiger partial charge in [-0.1, -0.05) is 24.3 Å². The van der Waals surface area contributed by atoms with Crippen LogP contribution >= 0.6 is 15.9 Å². The summed E-state index contributed by atoms with van der Waals surface area (Å²) in [4.78, 5) is 12.1. The molecule has 0 aliphatic heterocycles. The summed E-state index contributed by atoms with van der Waals surface area (Å²) in [5, 5.41) is 4.06. The predicted octanol–water partition coefficient (Wildman–Crippen LogP) is 3.31. The Morgan fingerprint density at radius 1 is 1.39 bits per heavy atom. The van der Waals surface area contributed by atoms with Gasteiger partial charge in [0.1, 0.15) is 5.69 Å². The summed E-state index contributed by atoms with van der Waals surface area (Å²) < 4.78 is 2.38. The van der Waals surface area contributed by atoms with Crippen molar-refractivity contribution in [3.63, 3.8) is 0 Å². The second-order valence-corrected chi connectivity index (χ2v) is 5.17. The van der Waals surface area contributed by atoms with Crippen LogP contribution in [0.25, 0.3) is 0 Å². The minimum atomic E-state index is 0.116. The lowest BCUT2D eigenvalue weighted by atomic mass is 10.0. The number of aromatic nitrogens is 2. The number of carbonyl (C=O) groups excluding carboxylic acids is 1. The first-order valence-electron chi connectivity index (χ1n) is 5.85. The van der Waals surface area contributed by atoms with E-state index in [1.165, 1.54) is 11.1 Å². The Kier molecular flexibility index (Phi) is 3.97. The Balaban J connectivity index is 2.08. The molecule has 1 aromatic carbocycles. The summed E-state index contributed by atoms with van der Waals surface area (Å²) in [6.07, 6.45) is 2.92. The lowest BCUT2D eigenvalue weighted by molar-refractivity contribution is 0.0973. The van der Waals surface area contributed by atoms with Gasteiger partial charge in [-0.15, -0.1) is 0 Å². The van der Waals surface area contributed by atoms with E-state index in [0.717, 1.165) is 10.9 Å². The highest BCUT2D eigenvalue weighted by Crippen LogP contribution is 2.18. The first-order valence-corrected chi connectivity index (χ1v) is 6.64. The molecule has 0 amide bonds. The van der Waals surface area contributed by atoms with E-state index in [0.29, 0.717) is 12.1 Å². The maximum absolute atomic E-state index is 12.1. The van der Waals surface area contributed by atoms with E-state index >= 15 is 0 Å². The first kappa shape index (κ1) is 13.0. The highest BCUT2D eigenvalue weighted by atomic mass is 79.9. The van der Waals surface area contributed by atoms with E-state index in [2.05, 4.69) is 40.1 Å². The molecule has 0 atom stereocenters. The molecule has 0 saturated heterocycles. The number of benzene rings is 1. The molecule has 0 saturated carbocycles. The largest absolute Gasteiger partial charge is 0.292 e. The standard InChI is InChI=1S/C14H15BrN2O/c1-10-5-3-4-6-11(10)7-8-13(18)14-12(15)9-16-17(14)2/h3-6,9H,7-8H2,1-2H3. The van der Waals surface area contributed by atoms with Gasteiger partial charge >= 0.3 is 0 Å². The maximum atomic E-state index is 12.1. The highest BCUT2D eigenvalue weighted by molar-refractivity contribution is 9.10. The molecule has 4 heteroatoms. The molecule has 3 nitrogen and oxygen atoms in total. The highest BCUT2D eigenvalue weighted by Gasteiger charge is 2.15. The molecule has 1 heterocycles. The molecule has 0 aliphatic rings. The molecule has 94 valence electrons. The second-order valence-electron chi connectivity index (χ2n) is 4.31. The van der Waals surface area contributed by atoms with Crippen molar-refractivity contribution >= 4 is 21.7 Å². The number of ketones is 1. The van der Waals surface area contributed by atoms with E-state index < -0.39 is 0 Å². The van der Waals surface area contributed by atoms with Gasteiger partial charge in [-0.05, 0) is 40.4 Å². The molecule has 0 fully saturated rings. The van der Waals surface area contributed by atoms with Gasteiger partial charge in [0.15, 0.2) is 5.78 Å². The number of hydrogen-bond donors (Lipinski definition) is 0. The van der Waals surface area contributed by atoms with Crippen LogP contribution in [0.5, 0.6) is 0 Å². The molecule has 2 aromatic rings. The molecular weight excluding hydrogens is 292 g/mol. The molecule has 0 spiro atoms. The van der Waals surface area contributed by atoms with Gasteiger partial charge in [-0.2, -0.15) is 5.10 Å². The van der Waals surface area contributed by atoms with E-state index in [1.54, 1.807) is 17.9 Å². The minimum Gasteiger partial charge on any atom is -0.292 e. The van der Waals surface area contributed by atoms with Gasteiger partial charge in [-0.3, -0.25) is 9.48 Å². The summed E-state index contributed by atoms with van der Waals surface area (Å²) in [6.45, 7) is 2.07. The fraction of sp³-hybridized carbons (Fsp3) is 0.286. The number of halogens is 1. The first-order chi connectivity index (χ1) is 8.59. The van der Waals surface area contributed by atoms with Crippen molar-refractivity contribution in [2.24, 2.45) is 7.05 Å². The van der Waals surface area contributed by atoms with Gasteiger partial charge in [0, 0.05) is 13.5 Å². The van der Waals surface area contributed by atoms with Crippen molar-refractivity contribution in [3.8, 4) is 0 Å². The van der Waals surface area contributed by atoms with Crippen LogP contribution < -0.4 is 0 Å². The van der Waals surface area contributed by atoms with E-state index in [4.69, 9.17) is 0 Å². The maximum Gasteiger partial charge on any atom is 0.182 e. The molecule has 0 aliphatic carbocycles. The average molecular weight is 307 g/mol. The lowest BCUT2D eigenvalue weighted by Crippen LogP contribution is -2.09. The fourth-order valence-corrected chi connectivity index (χ4v) is 2.55. The van der Waals surface area contributed by atoms with E-state index in [9.17, 15) is 4.79 Å². The Hall–Kier alpha value is -1.42. The van der Waals surface area contributed by atoms with Gasteiger partial charge in [0.2, 0.25) is 0 Å². The molecule has 0 bridgehead atoms. The molecule has 1 aromatic heterocycles. The Bertz CT molecular complexity index is 555. The molecule has 0 unspecified atom stereocenters. The number of rotatable bonds is 4. The van der Waals surface area contributed by atoms with Crippen molar-refractivity contribution in [2.45, 2.75) is 19.8 Å². The smallest absolute Gasteiger partial charge is 0.182 e. The van der Waals surface area contributed by atoms with Crippen molar-refractivity contribution < 1.29 is 4.79 Å². The number of carbonyl (C=O) groups is 1. The van der Waals surface area contributed by atoms with Crippen LogP contribution in [-0.2, 0) is 13.5 Å². The topological polar surface area (TPSA) is 34.9 Å². The average Bonchev–Trinajstić information content (AvgIpc) is 2.68. The fourth-order valence-electron chi connectivity index (χ4n) is 1.98. The number of nitrogens with zero attached hydrogens (tertiary/aromatic N) is 2. The van der Waals surface area contributed by atoms with Crippen LogP contribution in [0.4, 0.5) is 0 Å². The van der Waals surface area contributed by atoms with Gasteiger partial charge in [0.05, 0.1) is 10.7 Å². The van der Waals surface area contributed by atoms with Crippen molar-refractivity contribution in [1.82, 2.24) is 9.78 Å². The molecule has 2 rings (SSSR count). The Morgan fingerprint density at radius 3 is 2.72 bits per heavy atom. The van der Waals surface area contributed by atoms with Gasteiger partial charge in [-0.25, -0.2) is 0 Å². The van der Waals surface area contributed by atoms with Gasteiger partial charge in [0.25, 0.3) is 0 Å².